The summed E-state index contributed by atoms with van der Waals surface area (Å²) in [6.07, 6.45) is 0.856. The van der Waals surface area contributed by atoms with E-state index in [2.05, 4.69) is 8.83 Å². The highest BCUT2D eigenvalue weighted by atomic mass is 19.1. The first-order chi connectivity index (χ1) is 4.74. The Labute approximate surface area is 53.3 Å². The van der Waals surface area contributed by atoms with E-state index in [4.69, 9.17) is 0 Å². The topological polar surface area (TPSA) is 43.4 Å². The SMILES string of the molecule is O=c1oc(F)c(C#CF)o1. The molecule has 1 aromatic heterocycles. The molecule has 10 heavy (non-hydrogen) atoms. The standard InChI is InChI=1S/C5F2O3/c6-2-1-3-4(7)10-5(8)9-3. The molecule has 1 heterocycles. The zero-order chi connectivity index (χ0) is 7.56. The van der Waals surface area contributed by atoms with Crippen molar-refractivity contribution in [2.75, 3.05) is 0 Å². The minimum absolute atomic E-state index is 0.729. The highest BCUT2D eigenvalue weighted by Gasteiger charge is 2.08. The smallest absolute Gasteiger partial charge is 0.378 e. The monoisotopic (exact) mass is 146 g/mol. The van der Waals surface area contributed by atoms with Crippen LogP contribution >= 0.6 is 0 Å². The molecule has 0 saturated heterocycles. The van der Waals surface area contributed by atoms with Gasteiger partial charge in [-0.15, -0.1) is 4.39 Å². The average Bonchev–Trinajstić information content (AvgIpc) is 2.13. The Bertz CT molecular complexity index is 338. The molecule has 0 aliphatic carbocycles. The predicted octanol–water partition coefficient (Wildman–Crippen LogP) is 0.650. The molecule has 5 heteroatoms. The third-order valence-corrected chi connectivity index (χ3v) is 0.698. The second-order valence-corrected chi connectivity index (χ2v) is 1.28. The average molecular weight is 146 g/mol. The van der Waals surface area contributed by atoms with E-state index in [9.17, 15) is 13.6 Å². The molecular formula is C5F2O3. The number of hydrogen-bond acceptors (Lipinski definition) is 3. The van der Waals surface area contributed by atoms with Gasteiger partial charge in [-0.05, 0) is 0 Å². The summed E-state index contributed by atoms with van der Waals surface area (Å²) in [5.74, 6) is -0.425. The fourth-order valence-corrected chi connectivity index (χ4v) is 0.381. The maximum Gasteiger partial charge on any atom is 0.522 e. The van der Waals surface area contributed by atoms with E-state index in [0.717, 1.165) is 6.17 Å². The van der Waals surface area contributed by atoms with Crippen LogP contribution in [0.1, 0.15) is 5.76 Å². The van der Waals surface area contributed by atoms with Crippen molar-refractivity contribution in [3.05, 3.63) is 22.4 Å². The van der Waals surface area contributed by atoms with E-state index >= 15 is 0 Å². The lowest BCUT2D eigenvalue weighted by atomic mass is 10.5. The van der Waals surface area contributed by atoms with Crippen molar-refractivity contribution in [2.45, 2.75) is 0 Å². The first-order valence-electron chi connectivity index (χ1n) is 2.15. The third kappa shape index (κ3) is 1.05. The van der Waals surface area contributed by atoms with Gasteiger partial charge in [0, 0.05) is 5.92 Å². The fraction of sp³-hybridized carbons (Fsp3) is 0. The minimum Gasteiger partial charge on any atom is -0.378 e. The Morgan fingerprint density at radius 2 is 2.10 bits per heavy atom. The predicted molar refractivity (Wildman–Crippen MR) is 25.2 cm³/mol. The van der Waals surface area contributed by atoms with E-state index in [1.165, 1.54) is 0 Å². The number of rotatable bonds is 0. The molecule has 1 aromatic rings. The van der Waals surface area contributed by atoms with Crippen LogP contribution in [0.5, 0.6) is 0 Å². The van der Waals surface area contributed by atoms with Crippen molar-refractivity contribution in [1.29, 1.82) is 0 Å². The van der Waals surface area contributed by atoms with Gasteiger partial charge >= 0.3 is 11.8 Å². The van der Waals surface area contributed by atoms with Gasteiger partial charge in [0.15, 0.2) is 0 Å². The molecule has 0 atom stereocenters. The molecule has 3 nitrogen and oxygen atoms in total. The molecule has 0 aliphatic rings. The largest absolute Gasteiger partial charge is 0.522 e. The minimum atomic E-state index is -1.31. The van der Waals surface area contributed by atoms with Gasteiger partial charge in [-0.2, -0.15) is 4.39 Å². The van der Waals surface area contributed by atoms with E-state index in [-0.39, 0.29) is 0 Å². The van der Waals surface area contributed by atoms with E-state index in [1.807, 2.05) is 0 Å². The molecule has 0 aliphatic heterocycles. The lowest BCUT2D eigenvalue weighted by Crippen LogP contribution is -1.85. The highest BCUT2D eigenvalue weighted by Crippen LogP contribution is 2.00. The first kappa shape index (κ1) is 6.55. The molecular weight excluding hydrogens is 146 g/mol. The van der Waals surface area contributed by atoms with Gasteiger partial charge in [0.05, 0.1) is 0 Å². The zero-order valence-electron chi connectivity index (χ0n) is 4.48. The number of hydrogen-bond donors (Lipinski definition) is 0. The molecule has 0 unspecified atom stereocenters. The maximum atomic E-state index is 12.1. The van der Waals surface area contributed by atoms with Gasteiger partial charge < -0.3 is 8.83 Å². The third-order valence-electron chi connectivity index (χ3n) is 0.698. The second kappa shape index (κ2) is 2.35. The van der Waals surface area contributed by atoms with E-state index in [0.29, 0.717) is 0 Å². The lowest BCUT2D eigenvalue weighted by Gasteiger charge is -1.70. The van der Waals surface area contributed by atoms with Gasteiger partial charge in [0.25, 0.3) is 5.76 Å². The summed E-state index contributed by atoms with van der Waals surface area (Å²) in [4.78, 5) is 10.0. The molecule has 52 valence electrons. The molecule has 0 radical (unpaired) electrons. The van der Waals surface area contributed by atoms with Gasteiger partial charge in [-0.1, -0.05) is 0 Å². The van der Waals surface area contributed by atoms with Crippen molar-refractivity contribution < 1.29 is 17.6 Å². The Hall–Kier alpha value is -1.57. The van der Waals surface area contributed by atoms with Gasteiger partial charge in [-0.25, -0.2) is 4.79 Å². The van der Waals surface area contributed by atoms with E-state index in [1.54, 1.807) is 5.92 Å². The summed E-state index contributed by atoms with van der Waals surface area (Å²) in [7, 11) is 0. The molecule has 0 amide bonds. The zero-order valence-corrected chi connectivity index (χ0v) is 4.48. The molecule has 0 spiro atoms. The molecule has 1 rings (SSSR count). The van der Waals surface area contributed by atoms with Crippen LogP contribution in [0.25, 0.3) is 0 Å². The van der Waals surface area contributed by atoms with Crippen LogP contribution in [-0.4, -0.2) is 0 Å². The van der Waals surface area contributed by atoms with Crippen molar-refractivity contribution in [1.82, 2.24) is 0 Å². The van der Waals surface area contributed by atoms with Crippen LogP contribution in [0.2, 0.25) is 0 Å². The van der Waals surface area contributed by atoms with Crippen molar-refractivity contribution in [3.63, 3.8) is 0 Å². The second-order valence-electron chi connectivity index (χ2n) is 1.28. The highest BCUT2D eigenvalue weighted by molar-refractivity contribution is 5.18. The van der Waals surface area contributed by atoms with Crippen molar-refractivity contribution in [2.24, 2.45) is 0 Å². The van der Waals surface area contributed by atoms with Crippen LogP contribution in [0.15, 0.2) is 13.6 Å². The Morgan fingerprint density at radius 3 is 2.50 bits per heavy atom. The van der Waals surface area contributed by atoms with Crippen molar-refractivity contribution >= 4 is 0 Å². The summed E-state index contributed by atoms with van der Waals surface area (Å²) < 4.78 is 30.9. The molecule has 0 fully saturated rings. The molecule has 0 saturated carbocycles. The van der Waals surface area contributed by atoms with E-state index < -0.39 is 17.6 Å². The first-order valence-corrected chi connectivity index (χ1v) is 2.15. The fourth-order valence-electron chi connectivity index (χ4n) is 0.381. The Kier molecular flexibility index (Phi) is 1.54. The van der Waals surface area contributed by atoms with Gasteiger partial charge in [-0.3, -0.25) is 0 Å². The molecule has 0 aromatic carbocycles. The normalized spacial score (nSPS) is 8.60. The summed E-state index contributed by atoms with van der Waals surface area (Å²) in [5, 5.41) is 0. The summed E-state index contributed by atoms with van der Waals surface area (Å²) in [6.45, 7) is 0. The number of halogens is 2. The maximum absolute atomic E-state index is 12.1. The van der Waals surface area contributed by atoms with Gasteiger partial charge in [0.1, 0.15) is 6.17 Å². The van der Waals surface area contributed by atoms with Crippen LogP contribution in [-0.2, 0) is 0 Å². The van der Waals surface area contributed by atoms with Crippen LogP contribution in [0.4, 0.5) is 8.78 Å². The Balaban J connectivity index is 3.24. The summed E-state index contributed by atoms with van der Waals surface area (Å²) in [5.41, 5.74) is 0. The van der Waals surface area contributed by atoms with Crippen LogP contribution in [0, 0.1) is 18.1 Å². The van der Waals surface area contributed by atoms with Crippen LogP contribution < -0.4 is 5.82 Å². The van der Waals surface area contributed by atoms with Crippen LogP contribution in [0.3, 0.4) is 0 Å². The van der Waals surface area contributed by atoms with Gasteiger partial charge in [0.2, 0.25) is 0 Å². The molecule has 0 bridgehead atoms. The summed E-state index contributed by atoms with van der Waals surface area (Å²) in [6, 6.07) is -1.31. The van der Waals surface area contributed by atoms with Crippen molar-refractivity contribution in [3.8, 4) is 12.1 Å². The summed E-state index contributed by atoms with van der Waals surface area (Å²) >= 11 is 0. The quantitative estimate of drug-likeness (QED) is 0.504. The lowest BCUT2D eigenvalue weighted by molar-refractivity contribution is 0.312. The molecule has 0 N–H and O–H groups in total. The Morgan fingerprint density at radius 1 is 1.40 bits per heavy atom.